The fourth-order valence-corrected chi connectivity index (χ4v) is 5.11. The van der Waals surface area contributed by atoms with Gasteiger partial charge >= 0.3 is 0 Å². The van der Waals surface area contributed by atoms with Gasteiger partial charge in [0.05, 0.1) is 22.0 Å². The monoisotopic (exact) mass is 449 g/mol. The molecule has 160 valence electrons. The predicted molar refractivity (Wildman–Crippen MR) is 116 cm³/mol. The van der Waals surface area contributed by atoms with Crippen LogP contribution >= 0.6 is 11.6 Å². The van der Waals surface area contributed by atoms with E-state index in [-0.39, 0.29) is 22.0 Å². The van der Waals surface area contributed by atoms with Gasteiger partial charge in [0.25, 0.3) is 5.91 Å². The third-order valence-corrected chi connectivity index (χ3v) is 7.26. The second-order valence-electron chi connectivity index (χ2n) is 7.25. The number of rotatable bonds is 6. The average molecular weight is 450 g/mol. The number of anilines is 1. The molecule has 0 spiro atoms. The Hall–Kier alpha value is -2.42. The van der Waals surface area contributed by atoms with E-state index in [0.717, 1.165) is 24.0 Å². The van der Waals surface area contributed by atoms with Gasteiger partial charge < -0.3 is 10.6 Å². The normalized spacial score (nSPS) is 14.5. The lowest BCUT2D eigenvalue weighted by molar-refractivity contribution is -0.115. The minimum absolute atomic E-state index is 0.0109. The summed E-state index contributed by atoms with van der Waals surface area (Å²) in [7, 11) is -3.68. The molecule has 1 saturated heterocycles. The van der Waals surface area contributed by atoms with Crippen molar-refractivity contribution in [3.05, 3.63) is 58.1 Å². The summed E-state index contributed by atoms with van der Waals surface area (Å²) in [5, 5.41) is 5.40. The van der Waals surface area contributed by atoms with Crippen LogP contribution in [0.1, 0.15) is 34.3 Å². The molecule has 7 nitrogen and oxygen atoms in total. The zero-order chi connectivity index (χ0) is 21.9. The lowest BCUT2D eigenvalue weighted by Gasteiger charge is -2.16. The Kier molecular flexibility index (Phi) is 6.80. The summed E-state index contributed by atoms with van der Waals surface area (Å²) in [6.07, 6.45) is 1.63. The number of sulfonamides is 1. The van der Waals surface area contributed by atoms with Crippen molar-refractivity contribution in [3.63, 3.8) is 0 Å². The summed E-state index contributed by atoms with van der Waals surface area (Å²) in [5.74, 6) is -1.01. The van der Waals surface area contributed by atoms with E-state index in [9.17, 15) is 18.0 Å². The van der Waals surface area contributed by atoms with Crippen LogP contribution in [0.5, 0.6) is 0 Å². The summed E-state index contributed by atoms with van der Waals surface area (Å²) in [5.41, 5.74) is 2.54. The molecule has 2 aromatic carbocycles. The van der Waals surface area contributed by atoms with Gasteiger partial charge in [-0.3, -0.25) is 9.59 Å². The number of carbonyl (C=O) groups is 2. The quantitative estimate of drug-likeness (QED) is 0.708. The molecule has 2 aromatic rings. The number of aryl methyl sites for hydroxylation is 2. The first-order chi connectivity index (χ1) is 14.2. The van der Waals surface area contributed by atoms with Gasteiger partial charge in [0, 0.05) is 18.8 Å². The van der Waals surface area contributed by atoms with Crippen LogP contribution in [0.25, 0.3) is 0 Å². The molecule has 1 aliphatic heterocycles. The molecule has 0 radical (unpaired) electrons. The number of benzene rings is 2. The van der Waals surface area contributed by atoms with Gasteiger partial charge in [-0.15, -0.1) is 0 Å². The number of nitrogens with zero attached hydrogens (tertiary/aromatic N) is 1. The maximum atomic E-state index is 12.7. The Balaban J connectivity index is 1.70. The Morgan fingerprint density at radius 3 is 2.33 bits per heavy atom. The molecule has 1 heterocycles. The predicted octanol–water partition coefficient (Wildman–Crippen LogP) is 3.11. The van der Waals surface area contributed by atoms with Crippen molar-refractivity contribution in [1.29, 1.82) is 0 Å². The van der Waals surface area contributed by atoms with E-state index in [1.807, 2.05) is 32.0 Å². The van der Waals surface area contributed by atoms with Crippen molar-refractivity contribution in [1.82, 2.24) is 9.62 Å². The highest BCUT2D eigenvalue weighted by atomic mass is 35.5. The standard InChI is InChI=1S/C21H24ClN3O4S/c1-14-6-5-7-15(2)20(14)24-19(26)13-23-21(27)17-12-16(8-9-18(17)22)30(28,29)25-10-3-4-11-25/h5-9,12H,3-4,10-11,13H2,1-2H3,(H,23,27)(H,24,26). The largest absolute Gasteiger partial charge is 0.343 e. The van der Waals surface area contributed by atoms with E-state index >= 15 is 0 Å². The molecule has 0 aromatic heterocycles. The Morgan fingerprint density at radius 1 is 1.07 bits per heavy atom. The van der Waals surface area contributed by atoms with E-state index < -0.39 is 21.8 Å². The zero-order valence-corrected chi connectivity index (χ0v) is 18.4. The number of nitrogens with one attached hydrogen (secondary N) is 2. The highest BCUT2D eigenvalue weighted by Gasteiger charge is 2.28. The molecule has 0 saturated carbocycles. The maximum Gasteiger partial charge on any atom is 0.253 e. The molecule has 2 amide bonds. The molecule has 0 bridgehead atoms. The van der Waals surface area contributed by atoms with E-state index in [2.05, 4.69) is 10.6 Å². The smallest absolute Gasteiger partial charge is 0.253 e. The number of carbonyl (C=O) groups excluding carboxylic acids is 2. The van der Waals surface area contributed by atoms with Crippen LogP contribution in [0.15, 0.2) is 41.3 Å². The molecule has 3 rings (SSSR count). The molecule has 9 heteroatoms. The SMILES string of the molecule is Cc1cccc(C)c1NC(=O)CNC(=O)c1cc(S(=O)(=O)N2CCCC2)ccc1Cl. The zero-order valence-electron chi connectivity index (χ0n) is 16.9. The summed E-state index contributed by atoms with van der Waals surface area (Å²) in [6, 6.07) is 9.69. The Labute approximate surface area is 181 Å². The van der Waals surface area contributed by atoms with Crippen molar-refractivity contribution < 1.29 is 18.0 Å². The van der Waals surface area contributed by atoms with E-state index in [1.54, 1.807) is 0 Å². The fraction of sp³-hybridized carbons (Fsp3) is 0.333. The first-order valence-electron chi connectivity index (χ1n) is 9.64. The third-order valence-electron chi connectivity index (χ3n) is 5.04. The lowest BCUT2D eigenvalue weighted by Crippen LogP contribution is -2.33. The topological polar surface area (TPSA) is 95.6 Å². The molecular weight excluding hydrogens is 426 g/mol. The fourth-order valence-electron chi connectivity index (χ4n) is 3.37. The molecule has 30 heavy (non-hydrogen) atoms. The molecule has 1 fully saturated rings. The Morgan fingerprint density at radius 2 is 1.70 bits per heavy atom. The van der Waals surface area contributed by atoms with Crippen LogP contribution in [0.4, 0.5) is 5.69 Å². The van der Waals surface area contributed by atoms with Crippen LogP contribution in [-0.4, -0.2) is 44.2 Å². The minimum Gasteiger partial charge on any atom is -0.343 e. The third kappa shape index (κ3) is 4.83. The van der Waals surface area contributed by atoms with Crippen LogP contribution < -0.4 is 10.6 Å². The van der Waals surface area contributed by atoms with Crippen molar-refractivity contribution in [2.75, 3.05) is 25.0 Å². The molecule has 1 aliphatic rings. The van der Waals surface area contributed by atoms with Gasteiger partial charge in [-0.2, -0.15) is 4.31 Å². The summed E-state index contributed by atoms with van der Waals surface area (Å²) < 4.78 is 26.9. The molecular formula is C21H24ClN3O4S. The Bertz CT molecular complexity index is 1060. The summed E-state index contributed by atoms with van der Waals surface area (Å²) in [4.78, 5) is 24.9. The number of halogens is 1. The first-order valence-corrected chi connectivity index (χ1v) is 11.5. The number of amides is 2. The molecule has 2 N–H and O–H groups in total. The lowest BCUT2D eigenvalue weighted by atomic mass is 10.1. The summed E-state index contributed by atoms with van der Waals surface area (Å²) in [6.45, 7) is 4.42. The van der Waals surface area contributed by atoms with Crippen molar-refractivity contribution >= 4 is 39.1 Å². The van der Waals surface area contributed by atoms with Gasteiger partial charge in [0.2, 0.25) is 15.9 Å². The molecule has 0 aliphatic carbocycles. The van der Waals surface area contributed by atoms with E-state index in [0.29, 0.717) is 18.8 Å². The van der Waals surface area contributed by atoms with Crippen LogP contribution in [0.2, 0.25) is 5.02 Å². The van der Waals surface area contributed by atoms with Gasteiger partial charge in [0.1, 0.15) is 0 Å². The van der Waals surface area contributed by atoms with E-state index in [1.165, 1.54) is 22.5 Å². The van der Waals surface area contributed by atoms with E-state index in [4.69, 9.17) is 11.6 Å². The molecule has 0 unspecified atom stereocenters. The van der Waals surface area contributed by atoms with Crippen molar-refractivity contribution in [2.45, 2.75) is 31.6 Å². The minimum atomic E-state index is -3.68. The van der Waals surface area contributed by atoms with Crippen molar-refractivity contribution in [2.24, 2.45) is 0 Å². The van der Waals surface area contributed by atoms with Crippen LogP contribution in [0, 0.1) is 13.8 Å². The van der Waals surface area contributed by atoms with Crippen LogP contribution in [-0.2, 0) is 14.8 Å². The van der Waals surface area contributed by atoms with Gasteiger partial charge in [-0.05, 0) is 56.0 Å². The number of hydrogen-bond acceptors (Lipinski definition) is 4. The second-order valence-corrected chi connectivity index (χ2v) is 9.60. The molecule has 0 atom stereocenters. The van der Waals surface area contributed by atoms with Gasteiger partial charge in [0.15, 0.2) is 0 Å². The number of para-hydroxylation sites is 1. The highest BCUT2D eigenvalue weighted by Crippen LogP contribution is 2.25. The average Bonchev–Trinajstić information content (AvgIpc) is 3.25. The van der Waals surface area contributed by atoms with Gasteiger partial charge in [-0.1, -0.05) is 29.8 Å². The second kappa shape index (κ2) is 9.16. The van der Waals surface area contributed by atoms with Crippen molar-refractivity contribution in [3.8, 4) is 0 Å². The van der Waals surface area contributed by atoms with Crippen LogP contribution in [0.3, 0.4) is 0 Å². The number of hydrogen-bond donors (Lipinski definition) is 2. The maximum absolute atomic E-state index is 12.7. The highest BCUT2D eigenvalue weighted by molar-refractivity contribution is 7.89. The first kappa shape index (κ1) is 22.3. The summed E-state index contributed by atoms with van der Waals surface area (Å²) >= 11 is 6.12. The van der Waals surface area contributed by atoms with Gasteiger partial charge in [-0.25, -0.2) is 8.42 Å².